The normalized spacial score (nSPS) is 18.6. The van der Waals surface area contributed by atoms with Gasteiger partial charge in [0.2, 0.25) is 5.88 Å². The smallest absolute Gasteiger partial charge is 0.208 e. The predicted octanol–water partition coefficient (Wildman–Crippen LogP) is 5.70. The number of allylic oxidation sites excluding steroid dienone is 3. The van der Waals surface area contributed by atoms with Gasteiger partial charge in [0.25, 0.3) is 0 Å². The van der Waals surface area contributed by atoms with Gasteiger partial charge >= 0.3 is 0 Å². The number of fused-ring (bicyclic) bond motifs is 1. The van der Waals surface area contributed by atoms with Crippen LogP contribution in [-0.2, 0) is 24.4 Å². The van der Waals surface area contributed by atoms with Crippen molar-refractivity contribution >= 4 is 34.3 Å². The van der Waals surface area contributed by atoms with E-state index in [1.165, 1.54) is 27.6 Å². The quantitative estimate of drug-likeness (QED) is 0.385. The largest absolute Gasteiger partial charge is 0.481 e. The van der Waals surface area contributed by atoms with E-state index in [1.807, 2.05) is 24.4 Å². The molecule has 38 heavy (non-hydrogen) atoms. The Balaban J connectivity index is 1.33. The fourth-order valence-electron chi connectivity index (χ4n) is 5.35. The first-order chi connectivity index (χ1) is 18.6. The lowest BCUT2D eigenvalue weighted by Crippen LogP contribution is -2.45. The summed E-state index contributed by atoms with van der Waals surface area (Å²) in [4.78, 5) is 9.65. The Bertz CT molecular complexity index is 1330. The third-order valence-electron chi connectivity index (χ3n) is 7.47. The number of nitrogens with two attached hydrogens (primary N) is 1. The van der Waals surface area contributed by atoms with Crippen molar-refractivity contribution in [1.29, 1.82) is 0 Å². The Kier molecular flexibility index (Phi) is 8.97. The van der Waals surface area contributed by atoms with Gasteiger partial charge in [0.15, 0.2) is 0 Å². The number of benzene rings is 2. The maximum atomic E-state index is 6.39. The molecule has 0 spiro atoms. The number of nitrogens with zero attached hydrogens (tertiary/aromatic N) is 4. The molecular weight excluding hydrogens is 494 g/mol. The number of piperazine rings is 1. The van der Waals surface area contributed by atoms with E-state index in [-0.39, 0.29) is 0 Å². The molecule has 2 aliphatic heterocycles. The molecule has 2 aromatic carbocycles. The highest BCUT2D eigenvalue weighted by molar-refractivity contribution is 6.31. The molecule has 0 saturated carbocycles. The van der Waals surface area contributed by atoms with Crippen LogP contribution < -0.4 is 5.73 Å². The van der Waals surface area contributed by atoms with Crippen molar-refractivity contribution in [1.82, 2.24) is 14.4 Å². The van der Waals surface area contributed by atoms with Gasteiger partial charge in [0, 0.05) is 79.7 Å². The summed E-state index contributed by atoms with van der Waals surface area (Å²) in [6.45, 7) is 7.66. The number of aliphatic imine (C=N–C) groups is 1. The Hall–Kier alpha value is -2.90. The van der Waals surface area contributed by atoms with Crippen LogP contribution in [0, 0.1) is 0 Å². The van der Waals surface area contributed by atoms with Gasteiger partial charge in [-0.25, -0.2) is 4.99 Å². The average Bonchev–Trinajstić information content (AvgIpc) is 3.27. The predicted molar refractivity (Wildman–Crippen MR) is 158 cm³/mol. The van der Waals surface area contributed by atoms with E-state index in [1.54, 1.807) is 7.11 Å². The summed E-state index contributed by atoms with van der Waals surface area (Å²) in [7, 11) is 1.68. The number of halogens is 1. The van der Waals surface area contributed by atoms with Crippen LogP contribution in [0.25, 0.3) is 16.5 Å². The molecule has 7 heteroatoms. The molecule has 0 amide bonds. The molecule has 0 radical (unpaired) electrons. The van der Waals surface area contributed by atoms with Crippen LogP contribution in [0.4, 0.5) is 0 Å². The molecule has 6 nitrogen and oxygen atoms in total. The van der Waals surface area contributed by atoms with Crippen molar-refractivity contribution in [2.24, 2.45) is 10.7 Å². The molecule has 1 saturated heterocycles. The molecule has 3 heterocycles. The number of hydrogen-bond acceptors (Lipinski definition) is 5. The zero-order chi connectivity index (χ0) is 26.3. The number of ether oxygens (including phenoxy) is 1. The first kappa shape index (κ1) is 26.7. The standard InChI is InChI=1S/C31H38ClN5O/c1-38-31-10-5-3-7-25(20-34-31)28-23-37(14-6-13-33)30-12-11-24(19-27(28)30)21-35-15-17-36(18-16-35)22-26-8-2-4-9-29(26)32/h2,4,7-12,19-20,23H,3,5-6,13-18,21-22,33H2,1H3/b25-7-,31-10?,34-20?. The van der Waals surface area contributed by atoms with E-state index in [2.05, 4.69) is 62.0 Å². The Labute approximate surface area is 231 Å². The second-order valence-electron chi connectivity index (χ2n) is 10.1. The van der Waals surface area contributed by atoms with Gasteiger partial charge in [-0.15, -0.1) is 0 Å². The number of rotatable bonds is 9. The van der Waals surface area contributed by atoms with Crippen molar-refractivity contribution < 1.29 is 4.74 Å². The second-order valence-corrected chi connectivity index (χ2v) is 10.5. The van der Waals surface area contributed by atoms with E-state index in [9.17, 15) is 0 Å². The van der Waals surface area contributed by atoms with Crippen LogP contribution in [-0.4, -0.2) is 60.4 Å². The minimum Gasteiger partial charge on any atom is -0.481 e. The van der Waals surface area contributed by atoms with E-state index >= 15 is 0 Å². The Morgan fingerprint density at radius 1 is 0.974 bits per heavy atom. The summed E-state index contributed by atoms with van der Waals surface area (Å²) in [6, 6.07) is 15.1. The average molecular weight is 532 g/mol. The third-order valence-corrected chi connectivity index (χ3v) is 7.84. The monoisotopic (exact) mass is 531 g/mol. The summed E-state index contributed by atoms with van der Waals surface area (Å²) in [6.07, 6.45) is 11.4. The van der Waals surface area contributed by atoms with Crippen molar-refractivity contribution in [2.75, 3.05) is 39.8 Å². The van der Waals surface area contributed by atoms with E-state index in [4.69, 9.17) is 22.1 Å². The maximum Gasteiger partial charge on any atom is 0.208 e. The lowest BCUT2D eigenvalue weighted by Gasteiger charge is -2.35. The van der Waals surface area contributed by atoms with Crippen LogP contribution in [0.2, 0.25) is 5.02 Å². The van der Waals surface area contributed by atoms with E-state index in [0.29, 0.717) is 12.4 Å². The first-order valence-electron chi connectivity index (χ1n) is 13.6. The summed E-state index contributed by atoms with van der Waals surface area (Å²) in [5.41, 5.74) is 12.0. The fourth-order valence-corrected chi connectivity index (χ4v) is 5.55. The van der Waals surface area contributed by atoms with Crippen LogP contribution in [0.5, 0.6) is 0 Å². The van der Waals surface area contributed by atoms with Crippen LogP contribution in [0.1, 0.15) is 36.0 Å². The molecule has 3 aromatic rings. The zero-order valence-corrected chi connectivity index (χ0v) is 23.0. The maximum absolute atomic E-state index is 6.39. The van der Waals surface area contributed by atoms with Gasteiger partial charge < -0.3 is 15.0 Å². The summed E-state index contributed by atoms with van der Waals surface area (Å²) < 4.78 is 7.75. The first-order valence-corrected chi connectivity index (χ1v) is 14.0. The third kappa shape index (κ3) is 6.38. The second kappa shape index (κ2) is 12.8. The fraction of sp³-hybridized carbons (Fsp3) is 0.387. The molecule has 0 atom stereocenters. The molecule has 200 valence electrons. The van der Waals surface area contributed by atoms with Crippen LogP contribution in [0.15, 0.2) is 71.7 Å². The topological polar surface area (TPSA) is 59.0 Å². The summed E-state index contributed by atoms with van der Waals surface area (Å²) in [5, 5.41) is 2.13. The Morgan fingerprint density at radius 3 is 2.50 bits per heavy atom. The number of aryl methyl sites for hydroxylation is 1. The minimum atomic E-state index is 0.678. The molecule has 0 bridgehead atoms. The number of hydrogen-bond donors (Lipinski definition) is 1. The molecule has 0 aliphatic carbocycles. The van der Waals surface area contributed by atoms with Gasteiger partial charge in [-0.05, 0) is 66.8 Å². The Morgan fingerprint density at radius 2 is 1.74 bits per heavy atom. The molecule has 1 fully saturated rings. The van der Waals surface area contributed by atoms with Crippen molar-refractivity contribution in [3.05, 3.63) is 88.4 Å². The molecule has 5 rings (SSSR count). The lowest BCUT2D eigenvalue weighted by molar-refractivity contribution is 0.122. The van der Waals surface area contributed by atoms with Crippen molar-refractivity contribution in [2.45, 2.75) is 38.9 Å². The molecule has 1 aromatic heterocycles. The summed E-state index contributed by atoms with van der Waals surface area (Å²) >= 11 is 6.39. The van der Waals surface area contributed by atoms with Gasteiger partial charge in [0.1, 0.15) is 0 Å². The van der Waals surface area contributed by atoms with Crippen LogP contribution in [0.3, 0.4) is 0 Å². The van der Waals surface area contributed by atoms with E-state index in [0.717, 1.165) is 75.7 Å². The molecule has 0 unspecified atom stereocenters. The van der Waals surface area contributed by atoms with Gasteiger partial charge in [-0.3, -0.25) is 9.80 Å². The highest BCUT2D eigenvalue weighted by Gasteiger charge is 2.19. The minimum absolute atomic E-state index is 0.678. The van der Waals surface area contributed by atoms with Crippen molar-refractivity contribution in [3.63, 3.8) is 0 Å². The number of aromatic nitrogens is 1. The lowest BCUT2D eigenvalue weighted by atomic mass is 10.0. The molecular formula is C31H38ClN5O. The zero-order valence-electron chi connectivity index (χ0n) is 22.3. The number of methoxy groups -OCH3 is 1. The van der Waals surface area contributed by atoms with Gasteiger partial charge in [-0.2, -0.15) is 0 Å². The molecule has 2 aliphatic rings. The highest BCUT2D eigenvalue weighted by atomic mass is 35.5. The van der Waals surface area contributed by atoms with Gasteiger partial charge in [0.05, 0.1) is 7.11 Å². The summed E-state index contributed by atoms with van der Waals surface area (Å²) in [5.74, 6) is 0.678. The van der Waals surface area contributed by atoms with Crippen LogP contribution >= 0.6 is 11.6 Å². The SMILES string of the molecule is COC1=CCC/C=C(\c2cn(CCCN)c3ccc(CN4CCN(Cc5ccccc5Cl)CC4)cc23)C=N1. The van der Waals surface area contributed by atoms with Gasteiger partial charge in [-0.1, -0.05) is 41.9 Å². The van der Waals surface area contributed by atoms with Crippen molar-refractivity contribution in [3.8, 4) is 0 Å². The van der Waals surface area contributed by atoms with E-state index < -0.39 is 0 Å². The molecule has 2 N–H and O–H groups in total. The highest BCUT2D eigenvalue weighted by Crippen LogP contribution is 2.30.